The Morgan fingerprint density at radius 1 is 1.22 bits per heavy atom. The predicted molar refractivity (Wildman–Crippen MR) is 91.2 cm³/mol. The van der Waals surface area contributed by atoms with Gasteiger partial charge in [-0.15, -0.1) is 0 Å². The number of carbonyl (C=O) groups excluding carboxylic acids is 1. The maximum absolute atomic E-state index is 12.2. The molecule has 4 fully saturated rings. The van der Waals surface area contributed by atoms with Crippen LogP contribution in [-0.2, 0) is 4.79 Å². The summed E-state index contributed by atoms with van der Waals surface area (Å²) in [6.45, 7) is 13.5. The van der Waals surface area contributed by atoms with Crippen molar-refractivity contribution in [2.24, 2.45) is 35.3 Å². The van der Waals surface area contributed by atoms with Crippen molar-refractivity contribution >= 4 is 5.91 Å². The van der Waals surface area contributed by atoms with Crippen LogP contribution in [-0.4, -0.2) is 29.1 Å². The summed E-state index contributed by atoms with van der Waals surface area (Å²) < 4.78 is 0. The van der Waals surface area contributed by atoms with Gasteiger partial charge in [-0.2, -0.15) is 0 Å². The smallest absolute Gasteiger partial charge is 0.301 e. The van der Waals surface area contributed by atoms with Crippen molar-refractivity contribution in [2.75, 3.05) is 0 Å². The van der Waals surface area contributed by atoms with Crippen molar-refractivity contribution in [1.82, 2.24) is 4.90 Å². The lowest BCUT2D eigenvalue weighted by atomic mass is 9.99. The molecule has 0 aromatic rings. The normalized spacial score (nSPS) is 41.8. The van der Waals surface area contributed by atoms with E-state index >= 15 is 0 Å². The highest BCUT2D eigenvalue weighted by Crippen LogP contribution is 2.54. The lowest BCUT2D eigenvalue weighted by molar-refractivity contribution is -0.134. The minimum atomic E-state index is -0.436. The fraction of sp³-hybridized carbons (Fsp3) is 0.895. The zero-order valence-electron chi connectivity index (χ0n) is 14.7. The maximum Gasteiger partial charge on any atom is 0.301 e. The number of likely N-dealkylation sites (tertiary alicyclic amines) is 1. The van der Waals surface area contributed by atoms with Crippen LogP contribution in [0, 0.1) is 36.2 Å². The first-order chi connectivity index (χ1) is 11.0. The Kier molecular flexibility index (Phi) is 4.69. The highest BCUT2D eigenvalue weighted by molar-refractivity contribution is 5.83. The summed E-state index contributed by atoms with van der Waals surface area (Å²) in [7, 11) is 0. The monoisotopic (exact) mass is 317 g/mol. The van der Waals surface area contributed by atoms with Crippen LogP contribution < -0.4 is 5.73 Å². The van der Waals surface area contributed by atoms with Crippen LogP contribution >= 0.6 is 0 Å². The minimum Gasteiger partial charge on any atom is -0.320 e. The van der Waals surface area contributed by atoms with E-state index in [1.807, 2.05) is 13.8 Å². The standard InChI is InChI=1S/C12H19N3O.C7H12/c1-4-7(2)11(13)12(16)15-9-5-8(9)6-10(15)14-3;1-5-2-6-4-7(6)3-5/h7-11H,4-6,13H2,1-2H3;5-7H,2-4H2,1H3. The molecule has 2 N–H and O–H groups in total. The van der Waals surface area contributed by atoms with E-state index in [1.165, 1.54) is 11.8 Å². The number of nitrogens with two attached hydrogens (primary N) is 1. The molecule has 1 saturated heterocycles. The zero-order chi connectivity index (χ0) is 16.7. The van der Waals surface area contributed by atoms with Crippen LogP contribution in [0.1, 0.15) is 59.3 Å². The molecule has 0 bridgehead atoms. The Bertz CT molecular complexity index is 489. The molecule has 1 amide bonds. The van der Waals surface area contributed by atoms with E-state index in [1.54, 1.807) is 24.2 Å². The summed E-state index contributed by atoms with van der Waals surface area (Å²) >= 11 is 0. The van der Waals surface area contributed by atoms with Gasteiger partial charge in [-0.3, -0.25) is 14.5 Å². The van der Waals surface area contributed by atoms with E-state index in [-0.39, 0.29) is 18.0 Å². The number of hydrogen-bond donors (Lipinski definition) is 1. The minimum absolute atomic E-state index is 0.0136. The van der Waals surface area contributed by atoms with Crippen molar-refractivity contribution in [2.45, 2.75) is 77.5 Å². The highest BCUT2D eigenvalue weighted by atomic mass is 16.2. The van der Waals surface area contributed by atoms with Crippen LogP contribution in [0.4, 0.5) is 0 Å². The first kappa shape index (κ1) is 16.8. The van der Waals surface area contributed by atoms with Crippen molar-refractivity contribution in [3.05, 3.63) is 11.4 Å². The molecule has 4 aliphatic rings. The Balaban J connectivity index is 0.000000183. The molecule has 0 spiro atoms. The molecule has 0 radical (unpaired) electrons. The van der Waals surface area contributed by atoms with Gasteiger partial charge in [0.1, 0.15) is 0 Å². The third kappa shape index (κ3) is 3.40. The van der Waals surface area contributed by atoms with Crippen LogP contribution in [0.3, 0.4) is 0 Å². The Morgan fingerprint density at radius 3 is 2.35 bits per heavy atom. The van der Waals surface area contributed by atoms with Crippen molar-refractivity contribution in [1.29, 1.82) is 0 Å². The van der Waals surface area contributed by atoms with Gasteiger partial charge >= 0.3 is 6.17 Å². The van der Waals surface area contributed by atoms with Crippen molar-refractivity contribution in [3.63, 3.8) is 0 Å². The van der Waals surface area contributed by atoms with Gasteiger partial charge in [-0.1, -0.05) is 27.2 Å². The molecular formula is C19H31N3O. The number of rotatable bonds is 3. The predicted octanol–water partition coefficient (Wildman–Crippen LogP) is 3.28. The average molecular weight is 317 g/mol. The summed E-state index contributed by atoms with van der Waals surface area (Å²) in [5, 5.41) is 0. The van der Waals surface area contributed by atoms with E-state index in [2.05, 4.69) is 11.8 Å². The van der Waals surface area contributed by atoms with Gasteiger partial charge in [0.25, 0.3) is 0 Å². The van der Waals surface area contributed by atoms with E-state index in [0.717, 1.165) is 25.2 Å². The molecule has 7 unspecified atom stereocenters. The second kappa shape index (κ2) is 6.43. The summed E-state index contributed by atoms with van der Waals surface area (Å²) in [5.41, 5.74) is 5.95. The molecule has 23 heavy (non-hydrogen) atoms. The van der Waals surface area contributed by atoms with Crippen LogP contribution in [0.2, 0.25) is 0 Å². The van der Waals surface area contributed by atoms with Gasteiger partial charge in [-0.25, -0.2) is 6.57 Å². The second-order valence-corrected chi connectivity index (χ2v) is 8.40. The maximum atomic E-state index is 12.2. The molecule has 3 aliphatic carbocycles. The van der Waals surface area contributed by atoms with E-state index in [9.17, 15) is 4.79 Å². The van der Waals surface area contributed by atoms with Crippen LogP contribution in [0.25, 0.3) is 4.85 Å². The molecule has 3 saturated carbocycles. The summed E-state index contributed by atoms with van der Waals surface area (Å²) in [5.74, 6) is 4.21. The van der Waals surface area contributed by atoms with Gasteiger partial charge in [0.15, 0.2) is 0 Å². The fourth-order valence-corrected chi connectivity index (χ4v) is 4.54. The number of piperidine rings is 1. The van der Waals surface area contributed by atoms with E-state index in [0.29, 0.717) is 12.0 Å². The van der Waals surface area contributed by atoms with Gasteiger partial charge in [-0.05, 0) is 55.3 Å². The Morgan fingerprint density at radius 2 is 1.87 bits per heavy atom. The molecule has 7 atom stereocenters. The topological polar surface area (TPSA) is 50.7 Å². The highest BCUT2D eigenvalue weighted by Gasteiger charge is 2.58. The quantitative estimate of drug-likeness (QED) is 0.812. The molecular weight excluding hydrogens is 286 g/mol. The first-order valence-electron chi connectivity index (χ1n) is 9.40. The summed E-state index contributed by atoms with van der Waals surface area (Å²) in [6.07, 6.45) is 7.25. The number of nitrogens with zero attached hydrogens (tertiary/aromatic N) is 2. The SMILES string of the molecule is CC1CC2CC2C1.[C-]#[N+]C1CC2CC2N1C(=O)C(N)C(C)CC. The van der Waals surface area contributed by atoms with Crippen molar-refractivity contribution < 1.29 is 4.79 Å². The fourth-order valence-electron chi connectivity index (χ4n) is 4.54. The summed E-state index contributed by atoms with van der Waals surface area (Å²) in [4.78, 5) is 17.5. The molecule has 4 rings (SSSR count). The van der Waals surface area contributed by atoms with Crippen LogP contribution in [0.5, 0.6) is 0 Å². The molecule has 1 aliphatic heterocycles. The first-order valence-corrected chi connectivity index (χ1v) is 9.40. The van der Waals surface area contributed by atoms with E-state index < -0.39 is 6.04 Å². The van der Waals surface area contributed by atoms with Gasteiger partial charge < -0.3 is 5.73 Å². The Hall–Kier alpha value is -1.08. The molecule has 4 heteroatoms. The number of fused-ring (bicyclic) bond motifs is 2. The molecule has 0 aromatic heterocycles. The van der Waals surface area contributed by atoms with Gasteiger partial charge in [0, 0.05) is 12.5 Å². The Labute approximate surface area is 140 Å². The van der Waals surface area contributed by atoms with Crippen molar-refractivity contribution in [3.8, 4) is 0 Å². The lowest BCUT2D eigenvalue weighted by Crippen LogP contribution is -2.49. The lowest BCUT2D eigenvalue weighted by Gasteiger charge is -2.25. The molecule has 128 valence electrons. The zero-order valence-corrected chi connectivity index (χ0v) is 14.7. The van der Waals surface area contributed by atoms with Gasteiger partial charge in [0.2, 0.25) is 5.91 Å². The third-order valence-corrected chi connectivity index (χ3v) is 6.50. The van der Waals surface area contributed by atoms with Crippen LogP contribution in [0.15, 0.2) is 0 Å². The largest absolute Gasteiger partial charge is 0.320 e. The summed E-state index contributed by atoms with van der Waals surface area (Å²) in [6, 6.07) is -0.115. The molecule has 4 nitrogen and oxygen atoms in total. The van der Waals surface area contributed by atoms with Gasteiger partial charge in [0.05, 0.1) is 6.04 Å². The van der Waals surface area contributed by atoms with E-state index in [4.69, 9.17) is 12.3 Å². The molecule has 1 heterocycles. The number of carbonyl (C=O) groups is 1. The second-order valence-electron chi connectivity index (χ2n) is 8.40. The number of amides is 1. The third-order valence-electron chi connectivity index (χ3n) is 6.50. The number of hydrogen-bond acceptors (Lipinski definition) is 2. The molecule has 0 aromatic carbocycles. The average Bonchev–Trinajstić information content (AvgIpc) is 3.41.